The first-order valence-electron chi connectivity index (χ1n) is 14.1. The van der Waals surface area contributed by atoms with E-state index in [9.17, 15) is 18.0 Å². The predicted octanol–water partition coefficient (Wildman–Crippen LogP) is 8.57. The van der Waals surface area contributed by atoms with E-state index in [1.807, 2.05) is 39.0 Å². The molecule has 2 unspecified atom stereocenters. The van der Waals surface area contributed by atoms with E-state index >= 15 is 0 Å². The van der Waals surface area contributed by atoms with Gasteiger partial charge in [0.2, 0.25) is 5.95 Å². The van der Waals surface area contributed by atoms with Crippen LogP contribution in [0.4, 0.5) is 24.8 Å². The summed E-state index contributed by atoms with van der Waals surface area (Å²) in [4.78, 5) is 16.9. The minimum absolute atomic E-state index is 0.157. The Morgan fingerprint density at radius 1 is 1.07 bits per heavy atom. The summed E-state index contributed by atoms with van der Waals surface area (Å²) in [6, 6.07) is 11.6. The Labute approximate surface area is 239 Å². The zero-order valence-corrected chi connectivity index (χ0v) is 24.6. The number of nitrogens with zero attached hydrogens (tertiary/aromatic N) is 2. The zero-order valence-electron chi connectivity index (χ0n) is 24.6. The Morgan fingerprint density at radius 2 is 1.76 bits per heavy atom. The van der Waals surface area contributed by atoms with Gasteiger partial charge in [0.15, 0.2) is 0 Å². The molecule has 41 heavy (non-hydrogen) atoms. The molecular formula is C31H40F3N3O4. The first-order chi connectivity index (χ1) is 19.1. The quantitative estimate of drug-likeness (QED) is 0.204. The summed E-state index contributed by atoms with van der Waals surface area (Å²) in [5, 5.41) is 3.32. The van der Waals surface area contributed by atoms with Gasteiger partial charge in [-0.3, -0.25) is 4.79 Å². The van der Waals surface area contributed by atoms with E-state index in [-0.39, 0.29) is 29.6 Å². The summed E-state index contributed by atoms with van der Waals surface area (Å²) < 4.78 is 55.3. The van der Waals surface area contributed by atoms with Gasteiger partial charge in [0.05, 0.1) is 17.6 Å². The van der Waals surface area contributed by atoms with Gasteiger partial charge < -0.3 is 24.1 Å². The molecule has 0 spiro atoms. The number of anilines is 2. The number of hydrogen-bond donors (Lipinski definition) is 1. The first kappa shape index (κ1) is 30.5. The number of benzene rings is 2. The molecule has 1 aromatic heterocycles. The summed E-state index contributed by atoms with van der Waals surface area (Å²) in [6.45, 7) is 12.7. The highest BCUT2D eigenvalue weighted by atomic mass is 19.4. The lowest BCUT2D eigenvalue weighted by atomic mass is 9.70. The molecule has 0 saturated heterocycles. The molecule has 4 rings (SSSR count). The Bertz CT molecular complexity index is 1340. The molecule has 0 aliphatic heterocycles. The predicted molar refractivity (Wildman–Crippen MR) is 153 cm³/mol. The molecule has 1 heterocycles. The molecular weight excluding hydrogens is 535 g/mol. The van der Waals surface area contributed by atoms with E-state index in [1.165, 1.54) is 24.3 Å². The van der Waals surface area contributed by atoms with Gasteiger partial charge in [-0.1, -0.05) is 20.8 Å². The Balaban J connectivity index is 1.56. The van der Waals surface area contributed by atoms with Gasteiger partial charge in [-0.2, -0.15) is 0 Å². The number of carbonyl (C=O) groups is 1. The van der Waals surface area contributed by atoms with Crippen LogP contribution in [0.3, 0.4) is 0 Å². The molecule has 0 radical (unpaired) electrons. The number of imidazole rings is 1. The second-order valence-corrected chi connectivity index (χ2v) is 12.8. The molecule has 2 aromatic carbocycles. The second-order valence-electron chi connectivity index (χ2n) is 12.8. The first-order valence-corrected chi connectivity index (χ1v) is 14.1. The third-order valence-corrected chi connectivity index (χ3v) is 6.95. The highest BCUT2D eigenvalue weighted by Crippen LogP contribution is 2.46. The number of esters is 1. The van der Waals surface area contributed by atoms with Crippen LogP contribution in [-0.4, -0.2) is 34.1 Å². The van der Waals surface area contributed by atoms with Crippen LogP contribution in [0.15, 0.2) is 42.5 Å². The van der Waals surface area contributed by atoms with Gasteiger partial charge in [-0.05, 0) is 94.2 Å². The second kappa shape index (κ2) is 11.8. The number of alkyl halides is 3. The minimum atomic E-state index is -4.75. The number of rotatable bonds is 9. The van der Waals surface area contributed by atoms with Crippen molar-refractivity contribution in [2.24, 2.45) is 11.3 Å². The summed E-state index contributed by atoms with van der Waals surface area (Å²) in [5.41, 5.74) is 1.92. The number of fused-ring (bicyclic) bond motifs is 1. The van der Waals surface area contributed by atoms with Crippen LogP contribution >= 0.6 is 0 Å². The molecule has 3 aromatic rings. The van der Waals surface area contributed by atoms with E-state index in [4.69, 9.17) is 14.5 Å². The van der Waals surface area contributed by atoms with Crippen molar-refractivity contribution in [2.45, 2.75) is 91.7 Å². The van der Waals surface area contributed by atoms with Crippen LogP contribution in [0.1, 0.15) is 79.7 Å². The number of carbonyl (C=O) groups excluding carboxylic acids is 1. The van der Waals surface area contributed by atoms with Crippen LogP contribution < -0.4 is 14.8 Å². The van der Waals surface area contributed by atoms with Crippen LogP contribution in [0.2, 0.25) is 0 Å². The van der Waals surface area contributed by atoms with Crippen LogP contribution in [0.5, 0.6) is 11.5 Å². The fraction of sp³-hybridized carbons (Fsp3) is 0.548. The van der Waals surface area contributed by atoms with E-state index in [0.717, 1.165) is 30.3 Å². The largest absolute Gasteiger partial charge is 0.573 e. The van der Waals surface area contributed by atoms with Crippen LogP contribution in [0, 0.1) is 11.3 Å². The van der Waals surface area contributed by atoms with Crippen molar-refractivity contribution in [3.8, 4) is 11.5 Å². The van der Waals surface area contributed by atoms with Gasteiger partial charge in [0, 0.05) is 24.2 Å². The maximum atomic E-state index is 12.6. The fourth-order valence-electron chi connectivity index (χ4n) is 5.79. The van der Waals surface area contributed by atoms with Crippen molar-refractivity contribution < 1.29 is 32.2 Å². The van der Waals surface area contributed by atoms with Gasteiger partial charge in [-0.25, -0.2) is 4.98 Å². The normalized spacial score (nSPS) is 19.1. The minimum Gasteiger partial charge on any atom is -0.494 e. The molecule has 1 aliphatic rings. The smallest absolute Gasteiger partial charge is 0.494 e. The van der Waals surface area contributed by atoms with E-state index < -0.39 is 12.0 Å². The molecule has 1 aliphatic carbocycles. The van der Waals surface area contributed by atoms with Crippen molar-refractivity contribution in [3.63, 3.8) is 0 Å². The molecule has 7 nitrogen and oxygen atoms in total. The summed E-state index contributed by atoms with van der Waals surface area (Å²) in [6.07, 6.45) is -0.852. The molecule has 2 atom stereocenters. The van der Waals surface area contributed by atoms with Crippen molar-refractivity contribution in [1.82, 2.24) is 9.55 Å². The summed E-state index contributed by atoms with van der Waals surface area (Å²) >= 11 is 0. The highest BCUT2D eigenvalue weighted by molar-refractivity contribution is 5.81. The fourth-order valence-corrected chi connectivity index (χ4v) is 5.79. The summed E-state index contributed by atoms with van der Waals surface area (Å²) in [5.74, 6) is 1.24. The van der Waals surface area contributed by atoms with Crippen molar-refractivity contribution in [2.75, 3.05) is 11.9 Å². The number of halogens is 3. The van der Waals surface area contributed by atoms with Crippen LogP contribution in [0.25, 0.3) is 11.0 Å². The van der Waals surface area contributed by atoms with Gasteiger partial charge in [-0.15, -0.1) is 13.2 Å². The SMILES string of the molecule is CC1CC(n2c(Nc3ccc(OC(F)(F)F)cc3)nc3cc(OCCCC(=O)OC(C)(C)C)ccc32)CC(C)(C)C1. The lowest BCUT2D eigenvalue weighted by Gasteiger charge is -2.40. The lowest BCUT2D eigenvalue weighted by molar-refractivity contribution is -0.274. The molecule has 1 fully saturated rings. The maximum absolute atomic E-state index is 12.6. The molecule has 1 N–H and O–H groups in total. The van der Waals surface area contributed by atoms with Crippen molar-refractivity contribution in [3.05, 3.63) is 42.5 Å². The molecule has 0 bridgehead atoms. The Morgan fingerprint density at radius 3 is 2.39 bits per heavy atom. The monoisotopic (exact) mass is 575 g/mol. The number of nitrogens with one attached hydrogen (secondary N) is 1. The zero-order chi connectivity index (χ0) is 30.0. The van der Waals surface area contributed by atoms with E-state index in [0.29, 0.717) is 36.3 Å². The lowest BCUT2D eigenvalue weighted by Crippen LogP contribution is -2.29. The van der Waals surface area contributed by atoms with Gasteiger partial charge >= 0.3 is 12.3 Å². The number of aromatic nitrogens is 2. The third-order valence-electron chi connectivity index (χ3n) is 6.95. The van der Waals surface area contributed by atoms with E-state index in [1.54, 1.807) is 0 Å². The van der Waals surface area contributed by atoms with Crippen molar-refractivity contribution in [1.29, 1.82) is 0 Å². The average molecular weight is 576 g/mol. The highest BCUT2D eigenvalue weighted by Gasteiger charge is 2.35. The average Bonchev–Trinajstić information content (AvgIpc) is 3.17. The van der Waals surface area contributed by atoms with Crippen LogP contribution in [-0.2, 0) is 9.53 Å². The molecule has 1 saturated carbocycles. The summed E-state index contributed by atoms with van der Waals surface area (Å²) in [7, 11) is 0. The number of ether oxygens (including phenoxy) is 3. The van der Waals surface area contributed by atoms with Gasteiger partial charge in [0.1, 0.15) is 17.1 Å². The Kier molecular flexibility index (Phi) is 8.80. The molecule has 224 valence electrons. The van der Waals surface area contributed by atoms with Gasteiger partial charge in [0.25, 0.3) is 0 Å². The number of hydrogen-bond acceptors (Lipinski definition) is 6. The molecule has 0 amide bonds. The topological polar surface area (TPSA) is 74.6 Å². The Hall–Kier alpha value is -3.43. The van der Waals surface area contributed by atoms with Crippen molar-refractivity contribution >= 4 is 28.6 Å². The van der Waals surface area contributed by atoms with E-state index in [2.05, 4.69) is 35.4 Å². The standard InChI is InChI=1S/C31H40F3N3O4/c1-20-16-22(19-30(5,6)18-20)37-26-14-13-24(39-15-7-8-27(38)41-29(2,3)4)17-25(26)36-28(37)35-21-9-11-23(12-10-21)40-31(32,33)34/h9-14,17,20,22H,7-8,15-16,18-19H2,1-6H3,(H,35,36). The third kappa shape index (κ3) is 8.78. The molecule has 10 heteroatoms. The maximum Gasteiger partial charge on any atom is 0.573 e.